The van der Waals surface area contributed by atoms with Crippen molar-refractivity contribution in [3.8, 4) is 0 Å². The molecule has 0 aromatic heterocycles. The van der Waals surface area contributed by atoms with Gasteiger partial charge >= 0.3 is 0 Å². The van der Waals surface area contributed by atoms with Gasteiger partial charge < -0.3 is 9.64 Å². The number of carbonyl (C=O) groups excluding carboxylic acids is 1. The normalized spacial score (nSPS) is 16.7. The summed E-state index contributed by atoms with van der Waals surface area (Å²) in [7, 11) is 1.71. The third-order valence-electron chi connectivity index (χ3n) is 3.72. The fourth-order valence-electron chi connectivity index (χ4n) is 2.58. The predicted molar refractivity (Wildman–Crippen MR) is 71.6 cm³/mol. The topological polar surface area (TPSA) is 29.5 Å². The Bertz CT molecular complexity index is 453. The lowest BCUT2D eigenvalue weighted by atomic mass is 9.97. The maximum Gasteiger partial charge on any atom is 0.254 e. The summed E-state index contributed by atoms with van der Waals surface area (Å²) in [4.78, 5) is 14.2. The highest BCUT2D eigenvalue weighted by atomic mass is 19.1. The van der Waals surface area contributed by atoms with Crippen LogP contribution in [0, 0.1) is 18.7 Å². The Morgan fingerprint density at radius 3 is 2.68 bits per heavy atom. The number of amides is 1. The molecule has 0 atom stereocenters. The molecule has 0 saturated carbocycles. The summed E-state index contributed by atoms with van der Waals surface area (Å²) < 4.78 is 18.2. The van der Waals surface area contributed by atoms with Crippen LogP contribution < -0.4 is 0 Å². The lowest BCUT2D eigenvalue weighted by Gasteiger charge is -2.32. The molecule has 0 N–H and O–H groups in total. The molecule has 1 saturated heterocycles. The van der Waals surface area contributed by atoms with Crippen molar-refractivity contribution in [1.29, 1.82) is 0 Å². The van der Waals surface area contributed by atoms with E-state index in [4.69, 9.17) is 4.74 Å². The first kappa shape index (κ1) is 14.0. The molecule has 0 bridgehead atoms. The minimum absolute atomic E-state index is 0.00775. The number of benzene rings is 1. The second-order valence-electron chi connectivity index (χ2n) is 5.15. The zero-order valence-corrected chi connectivity index (χ0v) is 11.5. The van der Waals surface area contributed by atoms with Gasteiger partial charge in [-0.05, 0) is 49.4 Å². The van der Waals surface area contributed by atoms with E-state index < -0.39 is 0 Å². The van der Waals surface area contributed by atoms with E-state index in [1.54, 1.807) is 20.1 Å². The fourth-order valence-corrected chi connectivity index (χ4v) is 2.58. The Balaban J connectivity index is 2.01. The van der Waals surface area contributed by atoms with Gasteiger partial charge in [-0.3, -0.25) is 4.79 Å². The number of ether oxygens (including phenoxy) is 1. The number of nitrogens with zero attached hydrogens (tertiary/aromatic N) is 1. The third-order valence-corrected chi connectivity index (χ3v) is 3.72. The molecule has 0 unspecified atom stereocenters. The van der Waals surface area contributed by atoms with Crippen LogP contribution in [-0.4, -0.2) is 37.6 Å². The van der Waals surface area contributed by atoms with Gasteiger partial charge in [0.1, 0.15) is 5.82 Å². The summed E-state index contributed by atoms with van der Waals surface area (Å²) in [6, 6.07) is 4.33. The minimum Gasteiger partial charge on any atom is -0.384 e. The predicted octanol–water partition coefficient (Wildman–Crippen LogP) is 2.63. The first-order valence-electron chi connectivity index (χ1n) is 6.66. The summed E-state index contributed by atoms with van der Waals surface area (Å²) in [5.41, 5.74) is 1.30. The van der Waals surface area contributed by atoms with Crippen LogP contribution >= 0.6 is 0 Å². The summed E-state index contributed by atoms with van der Waals surface area (Å²) in [6.45, 7) is 4.04. The van der Waals surface area contributed by atoms with Crippen molar-refractivity contribution < 1.29 is 13.9 Å². The second-order valence-corrected chi connectivity index (χ2v) is 5.15. The summed E-state index contributed by atoms with van der Waals surface area (Å²) in [5, 5.41) is 0. The van der Waals surface area contributed by atoms with Gasteiger partial charge in [-0.1, -0.05) is 0 Å². The van der Waals surface area contributed by atoms with Crippen molar-refractivity contribution in [1.82, 2.24) is 4.90 Å². The molecule has 1 amide bonds. The first-order chi connectivity index (χ1) is 9.11. The van der Waals surface area contributed by atoms with E-state index >= 15 is 0 Å². The Kier molecular flexibility index (Phi) is 4.53. The van der Waals surface area contributed by atoms with Gasteiger partial charge in [-0.2, -0.15) is 0 Å². The molecule has 1 aliphatic heterocycles. The van der Waals surface area contributed by atoms with Gasteiger partial charge in [-0.15, -0.1) is 0 Å². The first-order valence-corrected chi connectivity index (χ1v) is 6.66. The number of piperidine rings is 1. The molecule has 104 valence electrons. The van der Waals surface area contributed by atoms with E-state index in [-0.39, 0.29) is 11.7 Å². The maximum absolute atomic E-state index is 13.1. The maximum atomic E-state index is 13.1. The SMILES string of the molecule is COCC1CCN(C(=O)c2ccc(F)cc2C)CC1. The summed E-state index contributed by atoms with van der Waals surface area (Å²) in [5.74, 6) is 0.254. The molecule has 2 rings (SSSR count). The van der Waals surface area contributed by atoms with Gasteiger partial charge in [0.05, 0.1) is 0 Å². The van der Waals surface area contributed by atoms with Crippen LogP contribution in [0.4, 0.5) is 4.39 Å². The van der Waals surface area contributed by atoms with Crippen LogP contribution in [0.15, 0.2) is 18.2 Å². The highest BCUT2D eigenvalue weighted by molar-refractivity contribution is 5.95. The number of methoxy groups -OCH3 is 1. The molecule has 0 aliphatic carbocycles. The van der Waals surface area contributed by atoms with Gasteiger partial charge in [0.15, 0.2) is 0 Å². The van der Waals surface area contributed by atoms with Crippen molar-refractivity contribution in [2.45, 2.75) is 19.8 Å². The number of carbonyl (C=O) groups is 1. The Morgan fingerprint density at radius 1 is 1.42 bits per heavy atom. The lowest BCUT2D eigenvalue weighted by molar-refractivity contribution is 0.0613. The van der Waals surface area contributed by atoms with E-state index in [2.05, 4.69) is 0 Å². The quantitative estimate of drug-likeness (QED) is 0.841. The van der Waals surface area contributed by atoms with E-state index in [9.17, 15) is 9.18 Å². The third kappa shape index (κ3) is 3.32. The molecule has 1 heterocycles. The zero-order valence-electron chi connectivity index (χ0n) is 11.5. The van der Waals surface area contributed by atoms with Crippen molar-refractivity contribution in [2.24, 2.45) is 5.92 Å². The van der Waals surface area contributed by atoms with Gasteiger partial charge in [-0.25, -0.2) is 4.39 Å². The monoisotopic (exact) mass is 265 g/mol. The van der Waals surface area contributed by atoms with Crippen molar-refractivity contribution >= 4 is 5.91 Å². The zero-order chi connectivity index (χ0) is 13.8. The average molecular weight is 265 g/mol. The van der Waals surface area contributed by atoms with Crippen LogP contribution in [0.1, 0.15) is 28.8 Å². The van der Waals surface area contributed by atoms with E-state index in [0.717, 1.165) is 32.5 Å². The van der Waals surface area contributed by atoms with Crippen LogP contribution in [-0.2, 0) is 4.74 Å². The highest BCUT2D eigenvalue weighted by Gasteiger charge is 2.24. The van der Waals surface area contributed by atoms with Gasteiger partial charge in [0.2, 0.25) is 0 Å². The highest BCUT2D eigenvalue weighted by Crippen LogP contribution is 2.20. The standard InChI is InChI=1S/C15H20FNO2/c1-11-9-13(16)3-4-14(11)15(18)17-7-5-12(6-8-17)10-19-2/h3-4,9,12H,5-8,10H2,1-2H3. The molecule has 19 heavy (non-hydrogen) atoms. The molecule has 4 heteroatoms. The molecule has 1 aromatic carbocycles. The van der Waals surface area contributed by atoms with Crippen LogP contribution in [0.25, 0.3) is 0 Å². The smallest absolute Gasteiger partial charge is 0.254 e. The van der Waals surface area contributed by atoms with Crippen LogP contribution in [0.2, 0.25) is 0 Å². The minimum atomic E-state index is -0.298. The van der Waals surface area contributed by atoms with Gasteiger partial charge in [0.25, 0.3) is 5.91 Å². The Hall–Kier alpha value is -1.42. The Labute approximate surface area is 113 Å². The second kappa shape index (κ2) is 6.15. The van der Waals surface area contributed by atoms with E-state index in [1.807, 2.05) is 4.90 Å². The molecule has 0 spiro atoms. The largest absolute Gasteiger partial charge is 0.384 e. The van der Waals surface area contributed by atoms with Crippen molar-refractivity contribution in [2.75, 3.05) is 26.8 Å². The molecule has 1 aliphatic rings. The average Bonchev–Trinajstić information content (AvgIpc) is 2.39. The summed E-state index contributed by atoms with van der Waals surface area (Å²) >= 11 is 0. The number of hydrogen-bond acceptors (Lipinski definition) is 2. The van der Waals surface area contributed by atoms with E-state index in [0.29, 0.717) is 17.0 Å². The van der Waals surface area contributed by atoms with E-state index in [1.165, 1.54) is 12.1 Å². The molecular weight excluding hydrogens is 245 g/mol. The van der Waals surface area contributed by atoms with Crippen molar-refractivity contribution in [3.05, 3.63) is 35.1 Å². The molecular formula is C15H20FNO2. The van der Waals surface area contributed by atoms with Gasteiger partial charge in [0, 0.05) is 32.4 Å². The lowest BCUT2D eigenvalue weighted by Crippen LogP contribution is -2.39. The molecule has 1 aromatic rings. The molecule has 1 fully saturated rings. The number of rotatable bonds is 3. The van der Waals surface area contributed by atoms with Crippen LogP contribution in [0.3, 0.4) is 0 Å². The number of hydrogen-bond donors (Lipinski definition) is 0. The van der Waals surface area contributed by atoms with Crippen molar-refractivity contribution in [3.63, 3.8) is 0 Å². The number of likely N-dealkylation sites (tertiary alicyclic amines) is 1. The number of halogens is 1. The Morgan fingerprint density at radius 2 is 2.11 bits per heavy atom. The molecule has 3 nitrogen and oxygen atoms in total. The fraction of sp³-hybridized carbons (Fsp3) is 0.533. The molecule has 0 radical (unpaired) electrons. The number of aryl methyl sites for hydroxylation is 1. The van der Waals surface area contributed by atoms with Crippen LogP contribution in [0.5, 0.6) is 0 Å². The summed E-state index contributed by atoms with van der Waals surface area (Å²) in [6.07, 6.45) is 1.94.